The van der Waals surface area contributed by atoms with Gasteiger partial charge in [-0.15, -0.1) is 23.1 Å². The van der Waals surface area contributed by atoms with Crippen molar-refractivity contribution in [2.75, 3.05) is 11.1 Å². The van der Waals surface area contributed by atoms with Crippen LogP contribution in [0.15, 0.2) is 95.1 Å². The van der Waals surface area contributed by atoms with E-state index in [0.717, 1.165) is 22.5 Å². The van der Waals surface area contributed by atoms with Crippen LogP contribution in [0.3, 0.4) is 0 Å². The Morgan fingerprint density at radius 3 is 2.30 bits per heavy atom. The largest absolute Gasteiger partial charge is 0.457 e. The number of allylic oxidation sites excluding steroid dienone is 1. The number of nitrogens with zero attached hydrogens (tertiary/aromatic N) is 3. The number of amides is 3. The molecule has 3 atom stereocenters. The molecule has 0 saturated carbocycles. The van der Waals surface area contributed by atoms with E-state index in [9.17, 15) is 24.0 Å². The number of ether oxygens (including phenoxy) is 2. The van der Waals surface area contributed by atoms with Crippen LogP contribution in [-0.4, -0.2) is 74.6 Å². The highest BCUT2D eigenvalue weighted by Gasteiger charge is 2.54. The molecule has 0 bridgehead atoms. The number of aromatic nitrogens is 1. The van der Waals surface area contributed by atoms with E-state index in [0.29, 0.717) is 17.7 Å². The number of rotatable bonds is 13. The second kappa shape index (κ2) is 15.5. The van der Waals surface area contributed by atoms with Crippen molar-refractivity contribution >= 4 is 64.1 Å². The Morgan fingerprint density at radius 2 is 1.72 bits per heavy atom. The Kier molecular flexibility index (Phi) is 11.2. The van der Waals surface area contributed by atoms with Crippen molar-refractivity contribution in [1.82, 2.24) is 15.2 Å². The molecular formula is C35H35N5O8S2. The van der Waals surface area contributed by atoms with Gasteiger partial charge in [0.25, 0.3) is 11.8 Å². The van der Waals surface area contributed by atoms with Gasteiger partial charge in [-0.3, -0.25) is 19.3 Å². The Hall–Kier alpha value is -5.28. The van der Waals surface area contributed by atoms with Crippen molar-refractivity contribution < 1.29 is 38.3 Å². The van der Waals surface area contributed by atoms with E-state index in [-0.39, 0.29) is 22.2 Å². The second-order valence-corrected chi connectivity index (χ2v) is 14.0. The average Bonchev–Trinajstić information content (AvgIpc) is 3.56. The molecule has 3 amide bonds. The van der Waals surface area contributed by atoms with Crippen molar-refractivity contribution in [2.45, 2.75) is 56.9 Å². The maximum absolute atomic E-state index is 13.9. The SMILES string of the molecule is C=CC1=C(C(=O)OC(c2ccccc2)c2ccccc2)N2C(=O)C(NC(=O)/C(=N/OC(C)C(=O)OC(C)(C)C)c3csc(NC=O)n3)[C@H]2SC1. The van der Waals surface area contributed by atoms with Crippen LogP contribution in [0.1, 0.15) is 50.6 Å². The number of nitrogens with one attached hydrogen (secondary N) is 2. The summed E-state index contributed by atoms with van der Waals surface area (Å²) in [6.07, 6.45) is 0.00423. The summed E-state index contributed by atoms with van der Waals surface area (Å²) in [5.41, 5.74) is 0.947. The van der Waals surface area contributed by atoms with Crippen molar-refractivity contribution in [3.8, 4) is 0 Å². The zero-order valence-corrected chi connectivity index (χ0v) is 29.3. The van der Waals surface area contributed by atoms with Gasteiger partial charge in [0.1, 0.15) is 28.4 Å². The molecule has 1 aromatic heterocycles. The van der Waals surface area contributed by atoms with Crippen LogP contribution in [0.2, 0.25) is 0 Å². The Morgan fingerprint density at radius 1 is 1.08 bits per heavy atom. The predicted octanol–water partition coefficient (Wildman–Crippen LogP) is 4.34. The monoisotopic (exact) mass is 717 g/mol. The molecule has 13 nitrogen and oxygen atoms in total. The molecule has 1 fully saturated rings. The minimum atomic E-state index is -1.19. The van der Waals surface area contributed by atoms with E-state index < -0.39 is 53.0 Å². The minimum absolute atomic E-state index is 0.0270. The number of benzene rings is 2. The third-order valence-corrected chi connectivity index (χ3v) is 9.41. The second-order valence-electron chi connectivity index (χ2n) is 12.1. The third kappa shape index (κ3) is 8.12. The number of thioether (sulfide) groups is 1. The van der Waals surface area contributed by atoms with Crippen LogP contribution in [0.25, 0.3) is 0 Å². The predicted molar refractivity (Wildman–Crippen MR) is 188 cm³/mol. The van der Waals surface area contributed by atoms with Crippen LogP contribution in [0.5, 0.6) is 0 Å². The fourth-order valence-electron chi connectivity index (χ4n) is 5.01. The molecule has 3 heterocycles. The summed E-state index contributed by atoms with van der Waals surface area (Å²) in [4.78, 5) is 75.6. The summed E-state index contributed by atoms with van der Waals surface area (Å²) in [5.74, 6) is -2.50. The topological polar surface area (TPSA) is 166 Å². The fraction of sp³-hybridized carbons (Fsp3) is 0.286. The summed E-state index contributed by atoms with van der Waals surface area (Å²) in [5, 5.41) is 9.98. The van der Waals surface area contributed by atoms with E-state index >= 15 is 0 Å². The van der Waals surface area contributed by atoms with E-state index in [1.165, 1.54) is 35.0 Å². The van der Waals surface area contributed by atoms with Gasteiger partial charge in [0.2, 0.25) is 12.5 Å². The van der Waals surface area contributed by atoms with Gasteiger partial charge in [0.15, 0.2) is 16.9 Å². The normalized spacial score (nSPS) is 18.0. The van der Waals surface area contributed by atoms with Crippen LogP contribution >= 0.6 is 23.1 Å². The van der Waals surface area contributed by atoms with Crippen LogP contribution < -0.4 is 10.6 Å². The molecule has 2 aromatic carbocycles. The van der Waals surface area contributed by atoms with Crippen LogP contribution in [-0.2, 0) is 38.3 Å². The van der Waals surface area contributed by atoms with Crippen molar-refractivity contribution in [3.63, 3.8) is 0 Å². The van der Waals surface area contributed by atoms with Gasteiger partial charge in [0, 0.05) is 11.1 Å². The lowest BCUT2D eigenvalue weighted by atomic mass is 10.0. The molecule has 3 aromatic rings. The summed E-state index contributed by atoms with van der Waals surface area (Å²) in [7, 11) is 0. The Labute approximate surface area is 296 Å². The number of oxime groups is 1. The van der Waals surface area contributed by atoms with Crippen LogP contribution in [0.4, 0.5) is 5.13 Å². The number of anilines is 1. The molecule has 0 aliphatic carbocycles. The van der Waals surface area contributed by atoms with E-state index in [1.54, 1.807) is 20.8 Å². The number of carbonyl (C=O) groups is 5. The Bertz CT molecular complexity index is 1800. The molecule has 5 rings (SSSR count). The molecule has 50 heavy (non-hydrogen) atoms. The number of hydrogen-bond acceptors (Lipinski definition) is 12. The maximum Gasteiger partial charge on any atom is 0.356 e. The molecular weight excluding hydrogens is 683 g/mol. The van der Waals surface area contributed by atoms with Gasteiger partial charge in [0.05, 0.1) is 0 Å². The summed E-state index contributed by atoms with van der Waals surface area (Å²) >= 11 is 2.36. The molecule has 260 valence electrons. The van der Waals surface area contributed by atoms with Crippen molar-refractivity contribution in [2.24, 2.45) is 5.16 Å². The lowest BCUT2D eigenvalue weighted by Crippen LogP contribution is -2.71. The van der Waals surface area contributed by atoms with Crippen LogP contribution in [0, 0.1) is 0 Å². The molecule has 0 radical (unpaired) electrons. The molecule has 2 N–H and O–H groups in total. The third-order valence-electron chi connectivity index (χ3n) is 7.34. The average molecular weight is 718 g/mol. The quantitative estimate of drug-likeness (QED) is 0.0855. The van der Waals surface area contributed by atoms with Gasteiger partial charge in [-0.1, -0.05) is 78.5 Å². The van der Waals surface area contributed by atoms with Crippen molar-refractivity contribution in [1.29, 1.82) is 0 Å². The van der Waals surface area contributed by atoms with E-state index in [2.05, 4.69) is 27.4 Å². The van der Waals surface area contributed by atoms with E-state index in [1.807, 2.05) is 60.7 Å². The van der Waals surface area contributed by atoms with Gasteiger partial charge < -0.3 is 24.9 Å². The number of esters is 2. The number of hydrogen-bond donors (Lipinski definition) is 2. The number of fused-ring (bicyclic) bond motifs is 1. The number of carbonyl (C=O) groups excluding carboxylic acids is 5. The molecule has 2 unspecified atom stereocenters. The molecule has 1 saturated heterocycles. The van der Waals surface area contributed by atoms with Gasteiger partial charge in [-0.05, 0) is 44.4 Å². The summed E-state index contributed by atoms with van der Waals surface area (Å²) in [6, 6.07) is 17.5. The molecule has 15 heteroatoms. The van der Waals surface area contributed by atoms with Gasteiger partial charge in [-0.25, -0.2) is 14.6 Å². The standard InChI is InChI=1S/C35H35N5O8S2/c1-6-21-17-49-31-26(30(43)40(31)27(21)33(45)46-28(22-13-9-7-10-14-22)23-15-11-8-12-16-23)38-29(42)25(24-18-50-34(37-24)36-19-41)39-48-20(2)32(44)47-35(3,4)5/h6-16,18-20,26,28,31H,1,17H2,2-5H3,(H,38,42)(H,36,37,41)/b39-25+/t20?,26?,31-/m1/s1. The first-order chi connectivity index (χ1) is 23.9. The first-order valence-electron chi connectivity index (χ1n) is 15.5. The van der Waals surface area contributed by atoms with Gasteiger partial charge >= 0.3 is 11.9 Å². The highest BCUT2D eigenvalue weighted by Crippen LogP contribution is 2.42. The Balaban J connectivity index is 1.36. The lowest BCUT2D eigenvalue weighted by Gasteiger charge is -2.49. The first-order valence-corrected chi connectivity index (χ1v) is 17.4. The summed E-state index contributed by atoms with van der Waals surface area (Å²) < 4.78 is 11.4. The molecule has 2 aliphatic rings. The minimum Gasteiger partial charge on any atom is -0.457 e. The van der Waals surface area contributed by atoms with Crippen molar-refractivity contribution in [3.05, 3.63) is 107 Å². The number of β-lactam (4-membered cyclic amide) rings is 1. The number of thiazole rings is 1. The fourth-order valence-corrected chi connectivity index (χ4v) is 7.00. The van der Waals surface area contributed by atoms with Gasteiger partial charge in [-0.2, -0.15) is 0 Å². The lowest BCUT2D eigenvalue weighted by molar-refractivity contribution is -0.167. The highest BCUT2D eigenvalue weighted by atomic mass is 32.2. The zero-order valence-electron chi connectivity index (χ0n) is 27.7. The summed E-state index contributed by atoms with van der Waals surface area (Å²) in [6.45, 7) is 10.3. The first kappa shape index (κ1) is 36.0. The smallest absolute Gasteiger partial charge is 0.356 e. The highest BCUT2D eigenvalue weighted by molar-refractivity contribution is 8.00. The molecule has 0 spiro atoms. The maximum atomic E-state index is 13.9. The van der Waals surface area contributed by atoms with E-state index in [4.69, 9.17) is 14.3 Å². The zero-order chi connectivity index (χ0) is 36.0. The molecule has 2 aliphatic heterocycles.